The summed E-state index contributed by atoms with van der Waals surface area (Å²) in [5.74, 6) is 3.01. The Morgan fingerprint density at radius 1 is 0.933 bits per heavy atom. The Balaban J connectivity index is 0.000000230. The van der Waals surface area contributed by atoms with Crippen molar-refractivity contribution >= 4 is 23.0 Å². The molecule has 30 heavy (non-hydrogen) atoms. The topological polar surface area (TPSA) is 91.4 Å². The number of aromatic amines is 1. The number of nitrogens with one attached hydrogen (secondary N) is 1. The first-order valence-corrected chi connectivity index (χ1v) is 11.0. The Morgan fingerprint density at radius 2 is 1.53 bits per heavy atom. The van der Waals surface area contributed by atoms with Gasteiger partial charge in [0, 0.05) is 43.6 Å². The molecule has 1 aromatic heterocycles. The number of nitrogens with zero attached hydrogens (tertiary/aromatic N) is 4. The van der Waals surface area contributed by atoms with Gasteiger partial charge in [0.1, 0.15) is 11.0 Å². The number of hydrogen-bond donors (Lipinski definition) is 1. The predicted molar refractivity (Wildman–Crippen MR) is 111 cm³/mol. The number of fused-ring (bicyclic) bond motifs is 4. The number of hydrogen-bond acceptors (Lipinski definition) is 5. The average Bonchev–Trinajstić information content (AvgIpc) is 3.57. The number of methoxy groups -OCH3 is 1. The summed E-state index contributed by atoms with van der Waals surface area (Å²) in [5, 5.41) is 10.6. The third kappa shape index (κ3) is 3.63. The maximum Gasteiger partial charge on any atom is 0.409 e. The second-order valence-electron chi connectivity index (χ2n) is 9.25. The van der Waals surface area contributed by atoms with E-state index in [4.69, 9.17) is 4.74 Å². The number of carbonyl (C=O) groups is 2. The van der Waals surface area contributed by atoms with E-state index in [9.17, 15) is 9.59 Å². The molecule has 1 aromatic carbocycles. The minimum atomic E-state index is -0.284. The van der Waals surface area contributed by atoms with Gasteiger partial charge >= 0.3 is 6.09 Å². The van der Waals surface area contributed by atoms with E-state index >= 15 is 0 Å². The van der Waals surface area contributed by atoms with Crippen molar-refractivity contribution in [1.29, 1.82) is 0 Å². The van der Waals surface area contributed by atoms with Crippen LogP contribution in [0.25, 0.3) is 11.0 Å². The predicted octanol–water partition coefficient (Wildman–Crippen LogP) is 2.92. The number of rotatable bonds is 1. The van der Waals surface area contributed by atoms with Gasteiger partial charge in [-0.15, -0.1) is 0 Å². The molecular formula is C22H29N5O3. The van der Waals surface area contributed by atoms with E-state index in [0.29, 0.717) is 49.1 Å². The van der Waals surface area contributed by atoms with Crippen molar-refractivity contribution < 1.29 is 14.3 Å². The van der Waals surface area contributed by atoms with Crippen LogP contribution < -0.4 is 0 Å². The first-order chi connectivity index (χ1) is 14.6. The van der Waals surface area contributed by atoms with Gasteiger partial charge in [0.15, 0.2) is 0 Å². The van der Waals surface area contributed by atoms with Gasteiger partial charge in [-0.1, -0.05) is 25.7 Å². The third-order valence-corrected chi connectivity index (χ3v) is 7.40. The molecule has 2 atom stereocenters. The molecule has 4 aliphatic rings. The van der Waals surface area contributed by atoms with Crippen LogP contribution in [0.5, 0.6) is 0 Å². The molecule has 0 radical (unpaired) electrons. The van der Waals surface area contributed by atoms with Crippen molar-refractivity contribution in [3.63, 3.8) is 0 Å². The highest BCUT2D eigenvalue weighted by Crippen LogP contribution is 2.43. The van der Waals surface area contributed by atoms with Crippen LogP contribution in [-0.4, -0.2) is 70.5 Å². The number of likely N-dealkylation sites (tertiary alicyclic amines) is 2. The Labute approximate surface area is 175 Å². The van der Waals surface area contributed by atoms with Crippen LogP contribution >= 0.6 is 0 Å². The van der Waals surface area contributed by atoms with E-state index in [2.05, 4.69) is 15.4 Å². The first-order valence-electron chi connectivity index (χ1n) is 11.0. The zero-order valence-corrected chi connectivity index (χ0v) is 17.4. The highest BCUT2D eigenvalue weighted by Gasteiger charge is 2.43. The summed E-state index contributed by atoms with van der Waals surface area (Å²) >= 11 is 0. The van der Waals surface area contributed by atoms with Crippen LogP contribution in [0.4, 0.5) is 4.79 Å². The number of H-pyrrole nitrogens is 1. The van der Waals surface area contributed by atoms with E-state index in [-0.39, 0.29) is 12.0 Å². The maximum atomic E-state index is 12.7. The van der Waals surface area contributed by atoms with Gasteiger partial charge in [0.25, 0.3) is 5.91 Å². The molecule has 2 saturated heterocycles. The normalized spacial score (nSPS) is 29.1. The Kier molecular flexibility index (Phi) is 5.08. The molecule has 2 bridgehead atoms. The van der Waals surface area contributed by atoms with Crippen molar-refractivity contribution in [3.8, 4) is 0 Å². The summed E-state index contributed by atoms with van der Waals surface area (Å²) in [4.78, 5) is 27.9. The second-order valence-corrected chi connectivity index (χ2v) is 9.25. The number of carbonyl (C=O) groups excluding carboxylic acids is 2. The lowest BCUT2D eigenvalue weighted by atomic mass is 10.0. The lowest BCUT2D eigenvalue weighted by Gasteiger charge is -2.21. The lowest BCUT2D eigenvalue weighted by Crippen LogP contribution is -2.35. The Hall–Kier alpha value is -2.64. The fourth-order valence-corrected chi connectivity index (χ4v) is 5.77. The standard InChI is InChI=1S/C15H17N5O3.C7H12/c1-23-15(22)20-7-10-5-19(6-11(10)8-20)14(21)9-2-3-12-13(4-9)17-18-16-12;1-2-7-4-3-6(1)5-7/h2-4,10-11H,5-8H2,1H3,(H,16,17,18);6-7H,1-5H2/t10-,11+;. The fourth-order valence-electron chi connectivity index (χ4n) is 5.77. The Bertz CT molecular complexity index is 912. The second kappa shape index (κ2) is 7.89. The number of amides is 2. The van der Waals surface area contributed by atoms with Gasteiger partial charge in [-0.05, 0) is 36.5 Å². The van der Waals surface area contributed by atoms with Gasteiger partial charge in [0.05, 0.1) is 7.11 Å². The summed E-state index contributed by atoms with van der Waals surface area (Å²) in [6.07, 6.45) is 7.54. The molecule has 0 spiro atoms. The van der Waals surface area contributed by atoms with Crippen LogP contribution in [-0.2, 0) is 4.74 Å². The van der Waals surface area contributed by atoms with E-state index < -0.39 is 0 Å². The molecule has 2 aliphatic heterocycles. The van der Waals surface area contributed by atoms with Crippen LogP contribution in [0.1, 0.15) is 42.5 Å². The molecular weight excluding hydrogens is 382 g/mol. The molecule has 2 saturated carbocycles. The lowest BCUT2D eigenvalue weighted by molar-refractivity contribution is 0.0772. The summed E-state index contributed by atoms with van der Waals surface area (Å²) < 4.78 is 4.77. The number of ether oxygens (including phenoxy) is 1. The van der Waals surface area contributed by atoms with Crippen molar-refractivity contribution in [2.45, 2.75) is 32.1 Å². The molecule has 2 aromatic rings. The third-order valence-electron chi connectivity index (χ3n) is 7.40. The molecule has 6 rings (SSSR count). The van der Waals surface area contributed by atoms with E-state index in [1.807, 2.05) is 4.90 Å². The molecule has 2 aliphatic carbocycles. The fraction of sp³-hybridized carbons (Fsp3) is 0.636. The minimum absolute atomic E-state index is 0.00826. The largest absolute Gasteiger partial charge is 0.453 e. The number of benzene rings is 1. The van der Waals surface area contributed by atoms with Gasteiger partial charge in [-0.2, -0.15) is 15.4 Å². The monoisotopic (exact) mass is 411 g/mol. The summed E-state index contributed by atoms with van der Waals surface area (Å²) in [5.41, 5.74) is 2.05. The van der Waals surface area contributed by atoms with Crippen molar-refractivity contribution in [2.75, 3.05) is 33.3 Å². The van der Waals surface area contributed by atoms with Gasteiger partial charge in [0.2, 0.25) is 0 Å². The minimum Gasteiger partial charge on any atom is -0.453 e. The smallest absolute Gasteiger partial charge is 0.409 e. The molecule has 160 valence electrons. The SMILES string of the molecule is C1CC2CCC1C2.COC(=O)N1C[C@@H]2CN(C(=O)c3ccc4n[nH]nc4c3)C[C@@H]2C1. The highest BCUT2D eigenvalue weighted by molar-refractivity contribution is 5.97. The quantitative estimate of drug-likeness (QED) is 0.779. The average molecular weight is 412 g/mol. The van der Waals surface area contributed by atoms with E-state index in [0.717, 1.165) is 5.52 Å². The van der Waals surface area contributed by atoms with Gasteiger partial charge < -0.3 is 14.5 Å². The summed E-state index contributed by atoms with van der Waals surface area (Å²) in [7, 11) is 1.40. The molecule has 0 unspecified atom stereocenters. The maximum absolute atomic E-state index is 12.7. The molecule has 8 heteroatoms. The van der Waals surface area contributed by atoms with Gasteiger partial charge in [-0.25, -0.2) is 4.79 Å². The van der Waals surface area contributed by atoms with Crippen molar-refractivity contribution in [1.82, 2.24) is 25.2 Å². The molecule has 8 nitrogen and oxygen atoms in total. The van der Waals surface area contributed by atoms with Crippen LogP contribution in [0.3, 0.4) is 0 Å². The Morgan fingerprint density at radius 3 is 2.10 bits per heavy atom. The number of aromatic nitrogens is 3. The van der Waals surface area contributed by atoms with Crippen molar-refractivity contribution in [2.24, 2.45) is 23.7 Å². The molecule has 2 amide bonds. The molecule has 4 fully saturated rings. The van der Waals surface area contributed by atoms with E-state index in [1.54, 1.807) is 55.2 Å². The molecule has 3 heterocycles. The first kappa shape index (κ1) is 19.3. The van der Waals surface area contributed by atoms with Crippen molar-refractivity contribution in [3.05, 3.63) is 23.8 Å². The summed E-state index contributed by atoms with van der Waals surface area (Å²) in [6.45, 7) is 2.66. The van der Waals surface area contributed by atoms with E-state index in [1.165, 1.54) is 18.9 Å². The van der Waals surface area contributed by atoms with Gasteiger partial charge in [-0.3, -0.25) is 4.79 Å². The summed E-state index contributed by atoms with van der Waals surface area (Å²) in [6, 6.07) is 5.33. The zero-order chi connectivity index (χ0) is 20.7. The van der Waals surface area contributed by atoms with Crippen LogP contribution in [0.15, 0.2) is 18.2 Å². The zero-order valence-electron chi connectivity index (χ0n) is 17.4. The highest BCUT2D eigenvalue weighted by atomic mass is 16.5. The molecule has 1 N–H and O–H groups in total. The van der Waals surface area contributed by atoms with Crippen LogP contribution in [0.2, 0.25) is 0 Å². The van der Waals surface area contributed by atoms with Crippen LogP contribution in [0, 0.1) is 23.7 Å².